The molecule has 3 nitrogen and oxygen atoms in total. The van der Waals surface area contributed by atoms with Crippen molar-refractivity contribution < 1.29 is 4.79 Å². The number of benzene rings is 1. The van der Waals surface area contributed by atoms with Crippen LogP contribution in [-0.2, 0) is 0 Å². The van der Waals surface area contributed by atoms with Crippen LogP contribution in [0, 0.1) is 5.92 Å². The molecule has 1 atom stereocenters. The fourth-order valence-electron chi connectivity index (χ4n) is 2.04. The van der Waals surface area contributed by atoms with Crippen LogP contribution in [0.2, 0.25) is 10.0 Å². The summed E-state index contributed by atoms with van der Waals surface area (Å²) in [6.07, 6.45) is 0.966. The summed E-state index contributed by atoms with van der Waals surface area (Å²) < 4.78 is 0. The Kier molecular flexibility index (Phi) is 3.92. The van der Waals surface area contributed by atoms with Gasteiger partial charge in [-0.3, -0.25) is 4.79 Å². The van der Waals surface area contributed by atoms with Crippen molar-refractivity contribution in [3.8, 4) is 0 Å². The Balaban J connectivity index is 2.15. The number of carbonyl (C=O) groups excluding carboxylic acids is 1. The first kappa shape index (κ1) is 12.7. The average molecular weight is 273 g/mol. The molecule has 0 radical (unpaired) electrons. The van der Waals surface area contributed by atoms with E-state index < -0.39 is 0 Å². The van der Waals surface area contributed by atoms with Gasteiger partial charge in [0.2, 0.25) is 0 Å². The van der Waals surface area contributed by atoms with Crippen molar-refractivity contribution in [3.05, 3.63) is 33.8 Å². The summed E-state index contributed by atoms with van der Waals surface area (Å²) in [5, 5.41) is 0.937. The molecule has 0 aromatic heterocycles. The summed E-state index contributed by atoms with van der Waals surface area (Å²) in [7, 11) is 0. The molecule has 0 aliphatic carbocycles. The van der Waals surface area contributed by atoms with E-state index in [1.54, 1.807) is 23.1 Å². The Morgan fingerprint density at radius 1 is 1.47 bits per heavy atom. The first-order valence-electron chi connectivity index (χ1n) is 5.56. The number of hydrogen-bond acceptors (Lipinski definition) is 2. The van der Waals surface area contributed by atoms with E-state index in [2.05, 4.69) is 0 Å². The monoisotopic (exact) mass is 272 g/mol. The molecule has 2 rings (SSSR count). The highest BCUT2D eigenvalue weighted by atomic mass is 35.5. The number of rotatable bonds is 2. The average Bonchev–Trinajstić information content (AvgIpc) is 2.76. The quantitative estimate of drug-likeness (QED) is 0.899. The van der Waals surface area contributed by atoms with Crippen molar-refractivity contribution in [2.75, 3.05) is 19.6 Å². The zero-order valence-electron chi connectivity index (χ0n) is 9.33. The lowest BCUT2D eigenvalue weighted by atomic mass is 10.1. The second-order valence-electron chi connectivity index (χ2n) is 4.27. The molecule has 2 N–H and O–H groups in total. The highest BCUT2D eigenvalue weighted by molar-refractivity contribution is 6.36. The van der Waals surface area contributed by atoms with Gasteiger partial charge in [0.1, 0.15) is 0 Å². The van der Waals surface area contributed by atoms with Crippen molar-refractivity contribution in [1.82, 2.24) is 4.90 Å². The van der Waals surface area contributed by atoms with Gasteiger partial charge in [0, 0.05) is 18.1 Å². The van der Waals surface area contributed by atoms with Crippen molar-refractivity contribution >= 4 is 29.1 Å². The van der Waals surface area contributed by atoms with Crippen LogP contribution in [0.5, 0.6) is 0 Å². The molecule has 1 heterocycles. The molecular weight excluding hydrogens is 259 g/mol. The van der Waals surface area contributed by atoms with Gasteiger partial charge in [-0.2, -0.15) is 0 Å². The van der Waals surface area contributed by atoms with Gasteiger partial charge in [-0.1, -0.05) is 23.2 Å². The molecular formula is C12H14Cl2N2O. The van der Waals surface area contributed by atoms with Gasteiger partial charge in [-0.25, -0.2) is 0 Å². The number of halogens is 2. The standard InChI is InChI=1S/C12H14Cl2N2O/c13-9-1-2-10(11(14)5-9)12(17)16-4-3-8(6-15)7-16/h1-2,5,8H,3-4,6-7,15H2/t8-/m1/s1. The van der Waals surface area contributed by atoms with E-state index in [1.165, 1.54) is 0 Å². The lowest BCUT2D eigenvalue weighted by molar-refractivity contribution is 0.0788. The van der Waals surface area contributed by atoms with E-state index in [9.17, 15) is 4.79 Å². The van der Waals surface area contributed by atoms with E-state index in [0.717, 1.165) is 13.0 Å². The molecule has 0 bridgehead atoms. The second kappa shape index (κ2) is 5.25. The maximum Gasteiger partial charge on any atom is 0.255 e. The second-order valence-corrected chi connectivity index (χ2v) is 5.11. The minimum absolute atomic E-state index is 0.0392. The predicted octanol–water partition coefficient (Wildman–Crippen LogP) is 2.41. The number of nitrogens with two attached hydrogens (primary N) is 1. The molecule has 1 fully saturated rings. The van der Waals surface area contributed by atoms with E-state index in [0.29, 0.717) is 34.6 Å². The minimum atomic E-state index is -0.0392. The van der Waals surface area contributed by atoms with Crippen LogP contribution in [0.4, 0.5) is 0 Å². The lowest BCUT2D eigenvalue weighted by Gasteiger charge is -2.17. The highest BCUT2D eigenvalue weighted by Crippen LogP contribution is 2.24. The minimum Gasteiger partial charge on any atom is -0.338 e. The smallest absolute Gasteiger partial charge is 0.255 e. The lowest BCUT2D eigenvalue weighted by Crippen LogP contribution is -2.30. The van der Waals surface area contributed by atoms with Crippen molar-refractivity contribution in [2.24, 2.45) is 11.7 Å². The van der Waals surface area contributed by atoms with Crippen molar-refractivity contribution in [3.63, 3.8) is 0 Å². The highest BCUT2D eigenvalue weighted by Gasteiger charge is 2.26. The van der Waals surface area contributed by atoms with Gasteiger partial charge in [0.15, 0.2) is 0 Å². The molecule has 0 unspecified atom stereocenters. The molecule has 1 aromatic rings. The van der Waals surface area contributed by atoms with E-state index in [4.69, 9.17) is 28.9 Å². The summed E-state index contributed by atoms with van der Waals surface area (Å²) in [5.41, 5.74) is 6.11. The zero-order valence-corrected chi connectivity index (χ0v) is 10.8. The van der Waals surface area contributed by atoms with Crippen LogP contribution < -0.4 is 5.73 Å². The normalized spacial score (nSPS) is 19.7. The molecule has 0 spiro atoms. The summed E-state index contributed by atoms with van der Waals surface area (Å²) in [5.74, 6) is 0.368. The molecule has 5 heteroatoms. The third-order valence-corrected chi connectivity index (χ3v) is 3.62. The molecule has 0 saturated carbocycles. The van der Waals surface area contributed by atoms with Gasteiger partial charge in [0.25, 0.3) is 5.91 Å². The number of amides is 1. The summed E-state index contributed by atoms with van der Waals surface area (Å²) >= 11 is 11.8. The number of likely N-dealkylation sites (tertiary alicyclic amines) is 1. The first-order valence-corrected chi connectivity index (χ1v) is 6.32. The fraction of sp³-hybridized carbons (Fsp3) is 0.417. The Morgan fingerprint density at radius 3 is 2.82 bits per heavy atom. The third-order valence-electron chi connectivity index (χ3n) is 3.07. The van der Waals surface area contributed by atoms with Gasteiger partial charge >= 0.3 is 0 Å². The summed E-state index contributed by atoms with van der Waals surface area (Å²) in [4.78, 5) is 14.0. The fourth-order valence-corrected chi connectivity index (χ4v) is 2.53. The van der Waals surface area contributed by atoms with E-state index in [-0.39, 0.29) is 5.91 Å². The zero-order chi connectivity index (χ0) is 12.4. The molecule has 1 aliphatic rings. The maximum atomic E-state index is 12.2. The summed E-state index contributed by atoms with van der Waals surface area (Å²) in [6.45, 7) is 2.09. The van der Waals surface area contributed by atoms with Crippen LogP contribution >= 0.6 is 23.2 Å². The van der Waals surface area contributed by atoms with Crippen LogP contribution in [-0.4, -0.2) is 30.4 Å². The predicted molar refractivity (Wildman–Crippen MR) is 69.5 cm³/mol. The molecule has 17 heavy (non-hydrogen) atoms. The first-order chi connectivity index (χ1) is 8.11. The van der Waals surface area contributed by atoms with E-state index in [1.807, 2.05) is 0 Å². The third kappa shape index (κ3) is 2.73. The Morgan fingerprint density at radius 2 is 2.24 bits per heavy atom. The number of hydrogen-bond donors (Lipinski definition) is 1. The number of carbonyl (C=O) groups is 1. The van der Waals surface area contributed by atoms with Gasteiger partial charge in [-0.05, 0) is 37.1 Å². The van der Waals surface area contributed by atoms with Crippen molar-refractivity contribution in [2.45, 2.75) is 6.42 Å². The van der Waals surface area contributed by atoms with Crippen LogP contribution in [0.25, 0.3) is 0 Å². The molecule has 1 saturated heterocycles. The number of nitrogens with zero attached hydrogens (tertiary/aromatic N) is 1. The van der Waals surface area contributed by atoms with Crippen LogP contribution in [0.3, 0.4) is 0 Å². The molecule has 92 valence electrons. The topological polar surface area (TPSA) is 46.3 Å². The van der Waals surface area contributed by atoms with Crippen molar-refractivity contribution in [1.29, 1.82) is 0 Å². The maximum absolute atomic E-state index is 12.2. The van der Waals surface area contributed by atoms with Crippen LogP contribution in [0.1, 0.15) is 16.8 Å². The van der Waals surface area contributed by atoms with Gasteiger partial charge < -0.3 is 10.6 Å². The Labute approximate surface area is 110 Å². The van der Waals surface area contributed by atoms with Gasteiger partial charge in [-0.15, -0.1) is 0 Å². The Hall–Kier alpha value is -0.770. The summed E-state index contributed by atoms with van der Waals surface area (Å²) in [6, 6.07) is 4.94. The largest absolute Gasteiger partial charge is 0.338 e. The molecule has 1 aromatic carbocycles. The van der Waals surface area contributed by atoms with Gasteiger partial charge in [0.05, 0.1) is 10.6 Å². The molecule has 1 amide bonds. The van der Waals surface area contributed by atoms with Crippen LogP contribution in [0.15, 0.2) is 18.2 Å². The SMILES string of the molecule is NC[C@H]1CCN(C(=O)c2ccc(Cl)cc2Cl)C1. The van der Waals surface area contributed by atoms with E-state index >= 15 is 0 Å². The Bertz CT molecular complexity index is 437. The molecule has 1 aliphatic heterocycles.